The van der Waals surface area contributed by atoms with E-state index in [0.29, 0.717) is 0 Å². The maximum Gasteiger partial charge on any atom is 0.0766 e. The van der Waals surface area contributed by atoms with Gasteiger partial charge in [-0.1, -0.05) is 0 Å². The summed E-state index contributed by atoms with van der Waals surface area (Å²) in [7, 11) is 1.71. The van der Waals surface area contributed by atoms with Crippen molar-refractivity contribution in [3.05, 3.63) is 47.6 Å². The van der Waals surface area contributed by atoms with E-state index in [2.05, 4.69) is 40.1 Å². The summed E-state index contributed by atoms with van der Waals surface area (Å²) in [6, 6.07) is 10.6. The summed E-state index contributed by atoms with van der Waals surface area (Å²) in [4.78, 5) is 0. The van der Waals surface area contributed by atoms with E-state index in [1.165, 1.54) is 10.1 Å². The van der Waals surface area contributed by atoms with Gasteiger partial charge in [-0.15, -0.1) is 11.3 Å². The highest BCUT2D eigenvalue weighted by molar-refractivity contribution is 7.17. The van der Waals surface area contributed by atoms with E-state index in [1.807, 2.05) is 16.9 Å². The Morgan fingerprint density at radius 3 is 3.15 bits per heavy atom. The van der Waals surface area contributed by atoms with E-state index in [-0.39, 0.29) is 0 Å². The number of hydrogen-bond donors (Lipinski definition) is 1. The number of nitrogens with one attached hydrogen (secondary N) is 1. The zero-order valence-corrected chi connectivity index (χ0v) is 12.2. The van der Waals surface area contributed by atoms with Crippen LogP contribution < -0.4 is 5.32 Å². The standard InChI is InChI=1S/C15H17N3OS/c1-19-8-6-16-11-13-4-7-18(17-13)14-2-3-15-12(10-14)5-9-20-15/h2-5,7,9-10,16H,6,8,11H2,1H3. The molecule has 20 heavy (non-hydrogen) atoms. The van der Waals surface area contributed by atoms with E-state index in [9.17, 15) is 0 Å². The summed E-state index contributed by atoms with van der Waals surface area (Å²) in [5.74, 6) is 0. The van der Waals surface area contributed by atoms with Crippen LogP contribution in [0.2, 0.25) is 0 Å². The fraction of sp³-hybridized carbons (Fsp3) is 0.267. The summed E-state index contributed by atoms with van der Waals surface area (Å²) in [6.07, 6.45) is 2.00. The molecule has 0 unspecified atom stereocenters. The van der Waals surface area contributed by atoms with E-state index in [0.717, 1.165) is 31.1 Å². The first-order chi connectivity index (χ1) is 9.86. The largest absolute Gasteiger partial charge is 0.383 e. The summed E-state index contributed by atoms with van der Waals surface area (Å²) in [5.41, 5.74) is 2.13. The number of thiophene rings is 1. The second kappa shape index (κ2) is 6.17. The molecule has 5 heteroatoms. The van der Waals surface area contributed by atoms with Crippen LogP contribution in [0.4, 0.5) is 0 Å². The van der Waals surface area contributed by atoms with Gasteiger partial charge in [0.05, 0.1) is 18.0 Å². The van der Waals surface area contributed by atoms with Crippen LogP contribution in [-0.4, -0.2) is 30.0 Å². The normalized spacial score (nSPS) is 11.2. The Bertz CT molecular complexity index is 689. The first-order valence-electron chi connectivity index (χ1n) is 6.58. The molecule has 1 aromatic carbocycles. The van der Waals surface area contributed by atoms with Crippen LogP contribution in [0.1, 0.15) is 5.69 Å². The van der Waals surface area contributed by atoms with Crippen molar-refractivity contribution < 1.29 is 4.74 Å². The van der Waals surface area contributed by atoms with Crippen molar-refractivity contribution in [3.63, 3.8) is 0 Å². The minimum Gasteiger partial charge on any atom is -0.383 e. The van der Waals surface area contributed by atoms with Gasteiger partial charge in [-0.2, -0.15) is 5.10 Å². The Hall–Kier alpha value is -1.69. The fourth-order valence-corrected chi connectivity index (χ4v) is 2.86. The molecule has 0 atom stereocenters. The predicted molar refractivity (Wildman–Crippen MR) is 82.5 cm³/mol. The van der Waals surface area contributed by atoms with Gasteiger partial charge in [-0.3, -0.25) is 0 Å². The highest BCUT2D eigenvalue weighted by Gasteiger charge is 2.03. The number of fused-ring (bicyclic) bond motifs is 1. The molecule has 0 aliphatic heterocycles. The quantitative estimate of drug-likeness (QED) is 0.709. The smallest absolute Gasteiger partial charge is 0.0766 e. The Labute approximate surface area is 122 Å². The van der Waals surface area contributed by atoms with Crippen molar-refractivity contribution in [1.82, 2.24) is 15.1 Å². The minimum absolute atomic E-state index is 0.718. The second-order valence-corrected chi connectivity index (χ2v) is 5.51. The first kappa shape index (κ1) is 13.3. The van der Waals surface area contributed by atoms with E-state index in [1.54, 1.807) is 18.4 Å². The number of methoxy groups -OCH3 is 1. The highest BCUT2D eigenvalue weighted by atomic mass is 32.1. The molecule has 0 fully saturated rings. The third-order valence-corrected chi connectivity index (χ3v) is 4.03. The Morgan fingerprint density at radius 1 is 1.30 bits per heavy atom. The van der Waals surface area contributed by atoms with Crippen molar-refractivity contribution in [1.29, 1.82) is 0 Å². The molecule has 0 saturated heterocycles. The molecule has 4 nitrogen and oxygen atoms in total. The molecular formula is C15H17N3OS. The molecule has 0 bridgehead atoms. The van der Waals surface area contributed by atoms with E-state index in [4.69, 9.17) is 4.74 Å². The predicted octanol–water partition coefficient (Wildman–Crippen LogP) is 2.82. The molecule has 2 heterocycles. The minimum atomic E-state index is 0.718. The molecule has 0 amide bonds. The van der Waals surface area contributed by atoms with Gasteiger partial charge in [0.2, 0.25) is 0 Å². The van der Waals surface area contributed by atoms with Crippen LogP contribution in [0, 0.1) is 0 Å². The third kappa shape index (κ3) is 2.90. The summed E-state index contributed by atoms with van der Waals surface area (Å²) < 4.78 is 8.23. The topological polar surface area (TPSA) is 39.1 Å². The molecule has 104 valence electrons. The monoisotopic (exact) mass is 287 g/mol. The molecule has 3 rings (SSSR count). The molecule has 0 saturated carbocycles. The SMILES string of the molecule is COCCNCc1ccn(-c2ccc3sccc3c2)n1. The number of ether oxygens (including phenoxy) is 1. The lowest BCUT2D eigenvalue weighted by molar-refractivity contribution is 0.199. The van der Waals surface area contributed by atoms with Crippen LogP contribution in [0.25, 0.3) is 15.8 Å². The van der Waals surface area contributed by atoms with Crippen molar-refractivity contribution in [2.75, 3.05) is 20.3 Å². The number of aromatic nitrogens is 2. The molecular weight excluding hydrogens is 270 g/mol. The molecule has 2 aromatic heterocycles. The zero-order valence-electron chi connectivity index (χ0n) is 11.4. The lowest BCUT2D eigenvalue weighted by Crippen LogP contribution is -2.18. The van der Waals surface area contributed by atoms with Gasteiger partial charge < -0.3 is 10.1 Å². The van der Waals surface area contributed by atoms with Crippen LogP contribution in [0.5, 0.6) is 0 Å². The van der Waals surface area contributed by atoms with Crippen molar-refractivity contribution in [2.45, 2.75) is 6.54 Å². The first-order valence-corrected chi connectivity index (χ1v) is 7.46. The Balaban J connectivity index is 1.72. The average Bonchev–Trinajstić information content (AvgIpc) is 3.11. The number of nitrogens with zero attached hydrogens (tertiary/aromatic N) is 2. The number of hydrogen-bond acceptors (Lipinski definition) is 4. The van der Waals surface area contributed by atoms with Gasteiger partial charge in [0, 0.05) is 31.1 Å². The highest BCUT2D eigenvalue weighted by Crippen LogP contribution is 2.23. The molecule has 0 aliphatic rings. The lowest BCUT2D eigenvalue weighted by atomic mass is 10.2. The Kier molecular flexibility index (Phi) is 4.11. The molecule has 0 spiro atoms. The average molecular weight is 287 g/mol. The van der Waals surface area contributed by atoms with Crippen molar-refractivity contribution in [3.8, 4) is 5.69 Å². The van der Waals surface area contributed by atoms with Gasteiger partial charge in [-0.25, -0.2) is 4.68 Å². The summed E-state index contributed by atoms with van der Waals surface area (Å²) in [5, 5.41) is 11.3. The van der Waals surface area contributed by atoms with Crippen molar-refractivity contribution >= 4 is 21.4 Å². The van der Waals surface area contributed by atoms with Crippen molar-refractivity contribution in [2.24, 2.45) is 0 Å². The number of benzene rings is 1. The summed E-state index contributed by atoms with van der Waals surface area (Å²) >= 11 is 1.76. The molecule has 0 aliphatic carbocycles. The second-order valence-electron chi connectivity index (χ2n) is 4.56. The van der Waals surface area contributed by atoms with Crippen LogP contribution in [0.15, 0.2) is 41.9 Å². The molecule has 3 aromatic rings. The zero-order chi connectivity index (χ0) is 13.8. The lowest BCUT2D eigenvalue weighted by Gasteiger charge is -2.03. The van der Waals surface area contributed by atoms with Gasteiger partial charge in [0.1, 0.15) is 0 Å². The maximum atomic E-state index is 5.00. The van der Waals surface area contributed by atoms with E-state index >= 15 is 0 Å². The molecule has 1 N–H and O–H groups in total. The van der Waals surface area contributed by atoms with Gasteiger partial charge in [-0.05, 0) is 41.1 Å². The maximum absolute atomic E-state index is 5.00. The molecule has 0 radical (unpaired) electrons. The van der Waals surface area contributed by atoms with Crippen LogP contribution >= 0.6 is 11.3 Å². The van der Waals surface area contributed by atoms with E-state index < -0.39 is 0 Å². The number of rotatable bonds is 6. The van der Waals surface area contributed by atoms with Gasteiger partial charge >= 0.3 is 0 Å². The fourth-order valence-electron chi connectivity index (χ4n) is 2.09. The van der Waals surface area contributed by atoms with Gasteiger partial charge in [0.25, 0.3) is 0 Å². The summed E-state index contributed by atoms with van der Waals surface area (Å²) in [6.45, 7) is 2.32. The Morgan fingerprint density at radius 2 is 2.25 bits per heavy atom. The van der Waals surface area contributed by atoms with Crippen LogP contribution in [0.3, 0.4) is 0 Å². The van der Waals surface area contributed by atoms with Gasteiger partial charge in [0.15, 0.2) is 0 Å². The third-order valence-electron chi connectivity index (χ3n) is 3.13. The van der Waals surface area contributed by atoms with Crippen LogP contribution in [-0.2, 0) is 11.3 Å².